The Morgan fingerprint density at radius 3 is 2.16 bits per heavy atom. The zero-order valence-electron chi connectivity index (χ0n) is 18.6. The normalized spacial score (nSPS) is 10.4. The summed E-state index contributed by atoms with van der Waals surface area (Å²) in [5, 5.41) is 7.88. The van der Waals surface area contributed by atoms with Crippen LogP contribution < -0.4 is 21.7 Å². The van der Waals surface area contributed by atoms with Gasteiger partial charge in [0.05, 0.1) is 6.42 Å². The van der Waals surface area contributed by atoms with Crippen LogP contribution in [0, 0.1) is 5.82 Å². The predicted octanol–water partition coefficient (Wildman–Crippen LogP) is 2.75. The number of hydrogen-bond donors (Lipinski definition) is 4. The molecule has 0 saturated carbocycles. The van der Waals surface area contributed by atoms with E-state index in [-0.39, 0.29) is 36.2 Å². The van der Waals surface area contributed by atoms with Crippen LogP contribution in [0.25, 0.3) is 0 Å². The van der Waals surface area contributed by atoms with Crippen molar-refractivity contribution in [3.8, 4) is 0 Å². The Hall–Kier alpha value is -3.26. The second-order valence-corrected chi connectivity index (χ2v) is 7.13. The van der Waals surface area contributed by atoms with E-state index in [1.54, 1.807) is 26.0 Å². The Kier molecular flexibility index (Phi) is 9.82. The highest BCUT2D eigenvalue weighted by Crippen LogP contribution is 2.17. The number of amides is 3. The molecule has 0 aliphatic carbocycles. The summed E-state index contributed by atoms with van der Waals surface area (Å²) in [5.41, 5.74) is 6.57. The van der Waals surface area contributed by atoms with Crippen molar-refractivity contribution in [3.63, 3.8) is 0 Å². The van der Waals surface area contributed by atoms with E-state index < -0.39 is 11.4 Å². The summed E-state index contributed by atoms with van der Waals surface area (Å²) in [6, 6.07) is 10.4. The molecule has 0 spiro atoms. The van der Waals surface area contributed by atoms with Crippen LogP contribution in [-0.2, 0) is 22.6 Å². The summed E-state index contributed by atoms with van der Waals surface area (Å²) < 4.78 is 13.0. The third-order valence-corrected chi connectivity index (χ3v) is 4.27. The number of nitrogens with one attached hydrogen (secondary N) is 3. The average Bonchev–Trinajstić information content (AvgIpc) is 2.75. The molecule has 0 atom stereocenters. The Morgan fingerprint density at radius 2 is 1.61 bits per heavy atom. The molecule has 168 valence electrons. The first-order valence-corrected chi connectivity index (χ1v) is 10.1. The molecule has 2 aromatic carbocycles. The van der Waals surface area contributed by atoms with Crippen molar-refractivity contribution in [2.45, 2.75) is 46.2 Å². The molecule has 31 heavy (non-hydrogen) atoms. The first-order valence-electron chi connectivity index (χ1n) is 10.1. The van der Waals surface area contributed by atoms with Crippen LogP contribution in [0.15, 0.2) is 42.5 Å². The molecule has 7 nitrogen and oxygen atoms in total. The number of anilines is 1. The van der Waals surface area contributed by atoms with Gasteiger partial charge in [-0.1, -0.05) is 26.0 Å². The van der Waals surface area contributed by atoms with E-state index in [9.17, 15) is 18.8 Å². The van der Waals surface area contributed by atoms with E-state index in [0.717, 1.165) is 0 Å². The van der Waals surface area contributed by atoms with Crippen LogP contribution in [0.2, 0.25) is 0 Å². The number of hydrogen-bond acceptors (Lipinski definition) is 4. The van der Waals surface area contributed by atoms with Gasteiger partial charge in [-0.25, -0.2) is 4.39 Å². The number of nitrogens with two attached hydrogens (primary N) is 1. The van der Waals surface area contributed by atoms with E-state index in [4.69, 9.17) is 5.73 Å². The summed E-state index contributed by atoms with van der Waals surface area (Å²) in [6.45, 7) is 7.34. The molecule has 0 aliphatic heterocycles. The molecule has 0 saturated heterocycles. The largest absolute Gasteiger partial charge is 0.357 e. The minimum atomic E-state index is -1.11. The van der Waals surface area contributed by atoms with Gasteiger partial charge < -0.3 is 21.7 Å². The van der Waals surface area contributed by atoms with Gasteiger partial charge in [0, 0.05) is 24.8 Å². The van der Waals surface area contributed by atoms with Crippen molar-refractivity contribution in [2.75, 3.05) is 12.4 Å². The molecule has 2 aromatic rings. The quantitative estimate of drug-likeness (QED) is 0.541. The average molecular weight is 431 g/mol. The molecule has 0 aromatic heterocycles. The van der Waals surface area contributed by atoms with Crippen LogP contribution in [0.5, 0.6) is 0 Å². The molecule has 0 aliphatic rings. The number of benzene rings is 2. The first-order chi connectivity index (χ1) is 14.6. The highest BCUT2D eigenvalue weighted by molar-refractivity contribution is 6.00. The monoisotopic (exact) mass is 430 g/mol. The molecule has 0 unspecified atom stereocenters. The summed E-state index contributed by atoms with van der Waals surface area (Å²) in [4.78, 5) is 36.8. The minimum absolute atomic E-state index is 0.0539. The molecule has 8 heteroatoms. The highest BCUT2D eigenvalue weighted by Gasteiger charge is 2.29. The maximum atomic E-state index is 13.0. The van der Waals surface area contributed by atoms with E-state index in [0.29, 0.717) is 16.8 Å². The third-order valence-electron chi connectivity index (χ3n) is 4.27. The Labute approximate surface area is 182 Å². The van der Waals surface area contributed by atoms with Gasteiger partial charge >= 0.3 is 0 Å². The standard InChI is InChI=1S/C21H25FN4O3.C2H6/c1-21(2,20(29)24-3)26-19(28)15-8-14(12-23)9-17(11-15)25-18(27)10-13-4-6-16(22)7-5-13;1-2/h4-9,11H,10,12,23H2,1-3H3,(H,24,29)(H,25,27)(H,26,28);1-2H3. The topological polar surface area (TPSA) is 113 Å². The lowest BCUT2D eigenvalue weighted by Crippen LogP contribution is -2.53. The minimum Gasteiger partial charge on any atom is -0.357 e. The van der Waals surface area contributed by atoms with Crippen molar-refractivity contribution >= 4 is 23.4 Å². The Balaban J connectivity index is 0.00000233. The molecule has 5 N–H and O–H groups in total. The molecule has 2 rings (SSSR count). The van der Waals surface area contributed by atoms with Crippen LogP contribution in [0.3, 0.4) is 0 Å². The van der Waals surface area contributed by atoms with Gasteiger partial charge in [-0.05, 0) is 55.3 Å². The second kappa shape index (κ2) is 11.8. The molecule has 0 bridgehead atoms. The van der Waals surface area contributed by atoms with Gasteiger partial charge in [0.15, 0.2) is 0 Å². The van der Waals surface area contributed by atoms with Crippen LogP contribution in [-0.4, -0.2) is 30.3 Å². The number of rotatable bonds is 7. The summed E-state index contributed by atoms with van der Waals surface area (Å²) in [6.07, 6.45) is 0.0539. The number of carbonyl (C=O) groups excluding carboxylic acids is 3. The fourth-order valence-corrected chi connectivity index (χ4v) is 2.73. The van der Waals surface area contributed by atoms with Crippen molar-refractivity contribution < 1.29 is 18.8 Å². The van der Waals surface area contributed by atoms with Crippen LogP contribution in [0.4, 0.5) is 10.1 Å². The number of halogens is 1. The maximum Gasteiger partial charge on any atom is 0.252 e. The smallest absolute Gasteiger partial charge is 0.252 e. The van der Waals surface area contributed by atoms with Gasteiger partial charge in [-0.2, -0.15) is 0 Å². The lowest BCUT2D eigenvalue weighted by Gasteiger charge is -2.24. The predicted molar refractivity (Wildman–Crippen MR) is 120 cm³/mol. The van der Waals surface area contributed by atoms with E-state index >= 15 is 0 Å². The fraction of sp³-hybridized carbons (Fsp3) is 0.348. The summed E-state index contributed by atoms with van der Waals surface area (Å²) in [7, 11) is 1.49. The highest BCUT2D eigenvalue weighted by atomic mass is 19.1. The molecular weight excluding hydrogens is 399 g/mol. The second-order valence-electron chi connectivity index (χ2n) is 7.13. The lowest BCUT2D eigenvalue weighted by atomic mass is 10.0. The third kappa shape index (κ3) is 7.82. The molecule has 0 heterocycles. The SMILES string of the molecule is CC.CNC(=O)C(C)(C)NC(=O)c1cc(CN)cc(NC(=O)Cc2ccc(F)cc2)c1. The molecule has 0 radical (unpaired) electrons. The lowest BCUT2D eigenvalue weighted by molar-refractivity contribution is -0.125. The van der Waals surface area contributed by atoms with Gasteiger partial charge in [0.1, 0.15) is 11.4 Å². The van der Waals surface area contributed by atoms with Crippen molar-refractivity contribution in [3.05, 3.63) is 65.0 Å². The molecule has 0 fully saturated rings. The van der Waals surface area contributed by atoms with Crippen molar-refractivity contribution in [2.24, 2.45) is 5.73 Å². The van der Waals surface area contributed by atoms with Crippen LogP contribution in [0.1, 0.15) is 49.2 Å². The van der Waals surface area contributed by atoms with Gasteiger partial charge in [0.25, 0.3) is 5.91 Å². The van der Waals surface area contributed by atoms with Gasteiger partial charge in [0.2, 0.25) is 11.8 Å². The first kappa shape index (κ1) is 25.8. The number of carbonyl (C=O) groups is 3. The summed E-state index contributed by atoms with van der Waals surface area (Å²) in [5.74, 6) is -1.50. The van der Waals surface area contributed by atoms with Gasteiger partial charge in [-0.15, -0.1) is 0 Å². The van der Waals surface area contributed by atoms with Crippen molar-refractivity contribution in [1.82, 2.24) is 10.6 Å². The zero-order chi connectivity index (χ0) is 23.6. The van der Waals surface area contributed by atoms with Gasteiger partial charge in [-0.3, -0.25) is 14.4 Å². The molecular formula is C23H31FN4O3. The van der Waals surface area contributed by atoms with E-state index in [1.807, 2.05) is 13.8 Å². The summed E-state index contributed by atoms with van der Waals surface area (Å²) >= 11 is 0. The number of likely N-dealkylation sites (N-methyl/N-ethyl adjacent to an activating group) is 1. The Morgan fingerprint density at radius 1 is 1.00 bits per heavy atom. The zero-order valence-corrected chi connectivity index (χ0v) is 18.6. The maximum absolute atomic E-state index is 13.0. The van der Waals surface area contributed by atoms with Crippen molar-refractivity contribution in [1.29, 1.82) is 0 Å². The fourth-order valence-electron chi connectivity index (χ4n) is 2.73. The van der Waals surface area contributed by atoms with E-state index in [2.05, 4.69) is 16.0 Å². The molecule has 3 amide bonds. The van der Waals surface area contributed by atoms with Crippen LogP contribution >= 0.6 is 0 Å². The van der Waals surface area contributed by atoms with E-state index in [1.165, 1.54) is 37.4 Å². The Bertz CT molecular complexity index is 912.